The Hall–Kier alpha value is -2.43. The zero-order valence-corrected chi connectivity index (χ0v) is 12.4. The minimum Gasteiger partial charge on any atom is -0.346 e. The van der Waals surface area contributed by atoms with Crippen molar-refractivity contribution in [1.82, 2.24) is 14.9 Å². The first kappa shape index (κ1) is 13.5. The fraction of sp³-hybridized carbons (Fsp3) is 0.312. The molecule has 0 saturated heterocycles. The van der Waals surface area contributed by atoms with Crippen LogP contribution in [-0.4, -0.2) is 33.7 Å². The van der Waals surface area contributed by atoms with Gasteiger partial charge in [-0.05, 0) is 24.1 Å². The summed E-state index contributed by atoms with van der Waals surface area (Å²) in [6, 6.07) is 3.86. The number of pyridine rings is 1. The molecule has 5 heteroatoms. The first-order valence-electron chi connectivity index (χ1n) is 7.05. The van der Waals surface area contributed by atoms with Crippen LogP contribution in [0.1, 0.15) is 25.8 Å². The maximum atomic E-state index is 12.3. The number of likely N-dealkylation sites (N-methyl/N-ethyl adjacent to an activating group) is 1. The summed E-state index contributed by atoms with van der Waals surface area (Å²) in [6.07, 6.45) is 6.22. The number of aromatic amines is 1. The van der Waals surface area contributed by atoms with Gasteiger partial charge in [-0.2, -0.15) is 0 Å². The molecule has 0 fully saturated rings. The van der Waals surface area contributed by atoms with Crippen molar-refractivity contribution in [2.75, 3.05) is 7.05 Å². The summed E-state index contributed by atoms with van der Waals surface area (Å²) < 4.78 is 0. The third kappa shape index (κ3) is 2.46. The number of hydrogen-bond donors (Lipinski definition) is 1. The van der Waals surface area contributed by atoms with E-state index in [9.17, 15) is 4.79 Å². The zero-order chi connectivity index (χ0) is 15.0. The van der Waals surface area contributed by atoms with Gasteiger partial charge in [0.2, 0.25) is 0 Å². The molecule has 2 aromatic rings. The molecular formula is C16H18N4O. The highest BCUT2D eigenvalue weighted by atomic mass is 16.2. The maximum Gasteiger partial charge on any atom is 0.277 e. The molecule has 108 valence electrons. The molecule has 1 N–H and O–H groups in total. The molecule has 1 aliphatic heterocycles. The quantitative estimate of drug-likeness (QED) is 0.880. The fourth-order valence-corrected chi connectivity index (χ4v) is 2.44. The highest BCUT2D eigenvalue weighted by Gasteiger charge is 2.27. The Morgan fingerprint density at radius 1 is 1.43 bits per heavy atom. The molecule has 0 aromatic carbocycles. The normalized spacial score (nSPS) is 17.3. The van der Waals surface area contributed by atoms with E-state index in [1.165, 1.54) is 0 Å². The van der Waals surface area contributed by atoms with Crippen LogP contribution in [0.4, 0.5) is 0 Å². The molecule has 3 rings (SSSR count). The number of aromatic nitrogens is 2. The number of nitrogens with one attached hydrogen (secondary N) is 1. The van der Waals surface area contributed by atoms with E-state index in [0.717, 1.165) is 28.9 Å². The summed E-state index contributed by atoms with van der Waals surface area (Å²) in [4.78, 5) is 25.8. The van der Waals surface area contributed by atoms with Gasteiger partial charge in [-0.1, -0.05) is 13.8 Å². The zero-order valence-electron chi connectivity index (χ0n) is 12.4. The Morgan fingerprint density at radius 3 is 3.00 bits per heavy atom. The van der Waals surface area contributed by atoms with E-state index in [0.29, 0.717) is 11.6 Å². The highest BCUT2D eigenvalue weighted by molar-refractivity contribution is 6.14. The molecule has 0 atom stereocenters. The number of carbonyl (C=O) groups excluding carboxylic acids is 1. The second-order valence-electron chi connectivity index (χ2n) is 5.66. The molecule has 0 aliphatic carbocycles. The van der Waals surface area contributed by atoms with Crippen LogP contribution in [0.25, 0.3) is 17.1 Å². The van der Waals surface area contributed by atoms with Crippen molar-refractivity contribution in [2.24, 2.45) is 10.9 Å². The number of amides is 1. The van der Waals surface area contributed by atoms with Gasteiger partial charge in [-0.15, -0.1) is 0 Å². The van der Waals surface area contributed by atoms with Crippen molar-refractivity contribution < 1.29 is 4.79 Å². The summed E-state index contributed by atoms with van der Waals surface area (Å²) in [6.45, 7) is 4.24. The van der Waals surface area contributed by atoms with E-state index < -0.39 is 0 Å². The molecule has 1 aliphatic rings. The van der Waals surface area contributed by atoms with E-state index >= 15 is 0 Å². The van der Waals surface area contributed by atoms with E-state index in [1.807, 2.05) is 24.4 Å². The number of aliphatic imine (C=N–C) groups is 1. The highest BCUT2D eigenvalue weighted by Crippen LogP contribution is 2.23. The van der Waals surface area contributed by atoms with Crippen molar-refractivity contribution in [3.8, 4) is 0 Å². The average Bonchev–Trinajstić information content (AvgIpc) is 2.97. The van der Waals surface area contributed by atoms with E-state index in [-0.39, 0.29) is 5.91 Å². The van der Waals surface area contributed by atoms with E-state index in [4.69, 9.17) is 0 Å². The molecule has 0 unspecified atom stereocenters. The SMILES string of the molecule is CC(C)CC1=NC(=Cc2c[nH]c3ncccc23)C(=O)N1C. The monoisotopic (exact) mass is 282 g/mol. The number of rotatable bonds is 3. The average molecular weight is 282 g/mol. The molecule has 21 heavy (non-hydrogen) atoms. The molecule has 0 saturated carbocycles. The van der Waals surface area contributed by atoms with Crippen molar-refractivity contribution >= 4 is 28.9 Å². The van der Waals surface area contributed by atoms with Gasteiger partial charge in [0.1, 0.15) is 17.2 Å². The number of fused-ring (bicyclic) bond motifs is 1. The smallest absolute Gasteiger partial charge is 0.277 e. The molecule has 0 bridgehead atoms. The van der Waals surface area contributed by atoms with Crippen LogP contribution >= 0.6 is 0 Å². The number of carbonyl (C=O) groups is 1. The number of H-pyrrole nitrogens is 1. The predicted octanol–water partition coefficient (Wildman–Crippen LogP) is 2.82. The van der Waals surface area contributed by atoms with E-state index in [1.54, 1.807) is 18.1 Å². The maximum absolute atomic E-state index is 12.3. The topological polar surface area (TPSA) is 61.4 Å². The van der Waals surface area contributed by atoms with Gasteiger partial charge in [0, 0.05) is 36.8 Å². The van der Waals surface area contributed by atoms with Crippen LogP contribution in [0.2, 0.25) is 0 Å². The van der Waals surface area contributed by atoms with Crippen LogP contribution in [0.5, 0.6) is 0 Å². The standard InChI is InChI=1S/C16H18N4O/c1-10(2)7-14-19-13(16(21)20(14)3)8-11-9-18-15-12(11)5-4-6-17-15/h4-6,8-10H,7H2,1-3H3,(H,17,18). The van der Waals surface area contributed by atoms with Crippen molar-refractivity contribution in [2.45, 2.75) is 20.3 Å². The fourth-order valence-electron chi connectivity index (χ4n) is 2.44. The Labute approximate surface area is 123 Å². The lowest BCUT2D eigenvalue weighted by Gasteiger charge is -2.12. The number of nitrogens with zero attached hydrogens (tertiary/aromatic N) is 3. The van der Waals surface area contributed by atoms with Gasteiger partial charge < -0.3 is 4.98 Å². The third-order valence-electron chi connectivity index (χ3n) is 3.53. The third-order valence-corrected chi connectivity index (χ3v) is 3.53. The van der Waals surface area contributed by atoms with Gasteiger partial charge in [-0.25, -0.2) is 9.98 Å². The lowest BCUT2D eigenvalue weighted by molar-refractivity contribution is -0.121. The summed E-state index contributed by atoms with van der Waals surface area (Å²) in [5.41, 5.74) is 2.23. The molecule has 2 aromatic heterocycles. The Bertz CT molecular complexity index is 754. The molecule has 3 heterocycles. The first-order chi connectivity index (χ1) is 10.1. The first-order valence-corrected chi connectivity index (χ1v) is 7.05. The number of hydrogen-bond acceptors (Lipinski definition) is 3. The Morgan fingerprint density at radius 2 is 2.24 bits per heavy atom. The second kappa shape index (κ2) is 5.16. The Balaban J connectivity index is 1.99. The van der Waals surface area contributed by atoms with Gasteiger partial charge in [0.15, 0.2) is 0 Å². The summed E-state index contributed by atoms with van der Waals surface area (Å²) in [5, 5.41) is 0.993. The summed E-state index contributed by atoms with van der Waals surface area (Å²) in [5.74, 6) is 1.25. The molecule has 0 spiro atoms. The van der Waals surface area contributed by atoms with Gasteiger partial charge in [0.05, 0.1) is 0 Å². The minimum absolute atomic E-state index is 0.0520. The van der Waals surface area contributed by atoms with Crippen LogP contribution in [0.3, 0.4) is 0 Å². The predicted molar refractivity (Wildman–Crippen MR) is 83.7 cm³/mol. The lowest BCUT2D eigenvalue weighted by Crippen LogP contribution is -2.28. The van der Waals surface area contributed by atoms with Gasteiger partial charge in [0.25, 0.3) is 5.91 Å². The summed E-state index contributed by atoms with van der Waals surface area (Å²) in [7, 11) is 1.78. The largest absolute Gasteiger partial charge is 0.346 e. The molecular weight excluding hydrogens is 264 g/mol. The molecule has 1 amide bonds. The van der Waals surface area contributed by atoms with Crippen molar-refractivity contribution in [3.63, 3.8) is 0 Å². The van der Waals surface area contributed by atoms with Crippen molar-refractivity contribution in [1.29, 1.82) is 0 Å². The van der Waals surface area contributed by atoms with Crippen LogP contribution in [-0.2, 0) is 4.79 Å². The summed E-state index contributed by atoms with van der Waals surface area (Å²) >= 11 is 0. The second-order valence-corrected chi connectivity index (χ2v) is 5.66. The van der Waals surface area contributed by atoms with Crippen LogP contribution in [0.15, 0.2) is 35.2 Å². The molecule has 5 nitrogen and oxygen atoms in total. The van der Waals surface area contributed by atoms with Crippen molar-refractivity contribution in [3.05, 3.63) is 35.8 Å². The molecule has 0 radical (unpaired) electrons. The van der Waals surface area contributed by atoms with E-state index in [2.05, 4.69) is 28.8 Å². The number of amidine groups is 1. The Kier molecular flexibility index (Phi) is 3.33. The van der Waals surface area contributed by atoms with Crippen LogP contribution in [0, 0.1) is 5.92 Å². The van der Waals surface area contributed by atoms with Crippen LogP contribution < -0.4 is 0 Å². The van der Waals surface area contributed by atoms with Gasteiger partial charge in [-0.3, -0.25) is 9.69 Å². The minimum atomic E-state index is -0.0520. The lowest BCUT2D eigenvalue weighted by atomic mass is 10.1. The van der Waals surface area contributed by atoms with Gasteiger partial charge >= 0.3 is 0 Å².